The molecule has 1 aromatic heterocycles. The Bertz CT molecular complexity index is 391. The molecule has 1 N–H and O–H groups in total. The van der Waals surface area contributed by atoms with Crippen LogP contribution in [0.2, 0.25) is 0 Å². The molecule has 0 bridgehead atoms. The van der Waals surface area contributed by atoms with Crippen LogP contribution in [0.5, 0.6) is 5.75 Å². The minimum atomic E-state index is 0.388. The number of hydrogen-bond donors (Lipinski definition) is 1. The largest absolute Gasteiger partial charge is 0.490 e. The Morgan fingerprint density at radius 2 is 2.21 bits per heavy atom. The van der Waals surface area contributed by atoms with Gasteiger partial charge in [-0.1, -0.05) is 19.8 Å². The smallest absolute Gasteiger partial charge is 0.168 e. The quantitative estimate of drug-likeness (QED) is 0.820. The van der Waals surface area contributed by atoms with Crippen LogP contribution in [0.25, 0.3) is 0 Å². The summed E-state index contributed by atoms with van der Waals surface area (Å²) in [5.41, 5.74) is 0. The van der Waals surface area contributed by atoms with E-state index in [0.29, 0.717) is 4.75 Å². The third-order valence-corrected chi connectivity index (χ3v) is 5.18. The number of thioether (sulfide) groups is 1. The molecule has 0 atom stereocenters. The van der Waals surface area contributed by atoms with Crippen molar-refractivity contribution in [2.24, 2.45) is 0 Å². The van der Waals surface area contributed by atoms with Gasteiger partial charge in [0.05, 0.1) is 6.61 Å². The van der Waals surface area contributed by atoms with E-state index in [9.17, 15) is 0 Å². The van der Waals surface area contributed by atoms with Gasteiger partial charge in [-0.25, -0.2) is 4.98 Å². The SMILES string of the molecule is CCCOc1cccnc1NCC1(SC)CCCC1. The minimum absolute atomic E-state index is 0.388. The van der Waals surface area contributed by atoms with E-state index in [4.69, 9.17) is 4.74 Å². The van der Waals surface area contributed by atoms with Gasteiger partial charge in [-0.05, 0) is 37.7 Å². The zero-order chi connectivity index (χ0) is 13.6. The normalized spacial score (nSPS) is 17.4. The topological polar surface area (TPSA) is 34.1 Å². The first-order valence-corrected chi connectivity index (χ1v) is 8.39. The first-order chi connectivity index (χ1) is 9.29. The first-order valence-electron chi connectivity index (χ1n) is 7.16. The number of anilines is 1. The maximum atomic E-state index is 5.74. The summed E-state index contributed by atoms with van der Waals surface area (Å²) in [7, 11) is 0. The number of nitrogens with one attached hydrogen (secondary N) is 1. The highest BCUT2D eigenvalue weighted by atomic mass is 32.2. The van der Waals surface area contributed by atoms with Crippen molar-refractivity contribution in [1.29, 1.82) is 0 Å². The van der Waals surface area contributed by atoms with Crippen molar-refractivity contribution in [3.8, 4) is 5.75 Å². The van der Waals surface area contributed by atoms with Gasteiger partial charge in [0.25, 0.3) is 0 Å². The van der Waals surface area contributed by atoms with E-state index in [1.54, 1.807) is 0 Å². The Hall–Kier alpha value is -0.900. The highest BCUT2D eigenvalue weighted by Gasteiger charge is 2.32. The lowest BCUT2D eigenvalue weighted by Gasteiger charge is -2.27. The number of pyridine rings is 1. The highest BCUT2D eigenvalue weighted by molar-refractivity contribution is 8.00. The summed E-state index contributed by atoms with van der Waals surface area (Å²) in [6.45, 7) is 3.84. The molecule has 0 aromatic carbocycles. The molecule has 1 aliphatic carbocycles. The second-order valence-electron chi connectivity index (χ2n) is 5.15. The van der Waals surface area contributed by atoms with Crippen LogP contribution in [0.1, 0.15) is 39.0 Å². The summed E-state index contributed by atoms with van der Waals surface area (Å²) in [5.74, 6) is 1.76. The number of nitrogens with zero attached hydrogens (tertiary/aromatic N) is 1. The van der Waals surface area contributed by atoms with Crippen LogP contribution in [0.15, 0.2) is 18.3 Å². The van der Waals surface area contributed by atoms with Crippen molar-refractivity contribution in [2.75, 3.05) is 24.7 Å². The van der Waals surface area contributed by atoms with E-state index in [1.165, 1.54) is 25.7 Å². The van der Waals surface area contributed by atoms with Crippen molar-refractivity contribution >= 4 is 17.6 Å². The molecule has 4 heteroatoms. The summed E-state index contributed by atoms with van der Waals surface area (Å²) in [6, 6.07) is 3.92. The number of aromatic nitrogens is 1. The number of hydrogen-bond acceptors (Lipinski definition) is 4. The lowest BCUT2D eigenvalue weighted by molar-refractivity contribution is 0.317. The van der Waals surface area contributed by atoms with Crippen molar-refractivity contribution in [3.05, 3.63) is 18.3 Å². The van der Waals surface area contributed by atoms with Crippen molar-refractivity contribution < 1.29 is 4.74 Å². The lowest BCUT2D eigenvalue weighted by Crippen LogP contribution is -2.30. The maximum absolute atomic E-state index is 5.74. The van der Waals surface area contributed by atoms with Crippen molar-refractivity contribution in [1.82, 2.24) is 4.98 Å². The summed E-state index contributed by atoms with van der Waals surface area (Å²) >= 11 is 1.99. The molecule has 1 aliphatic rings. The van der Waals surface area contributed by atoms with Crippen LogP contribution in [0.3, 0.4) is 0 Å². The van der Waals surface area contributed by atoms with Crippen LogP contribution >= 0.6 is 11.8 Å². The predicted octanol–water partition coefficient (Wildman–Crippen LogP) is 3.96. The fourth-order valence-electron chi connectivity index (χ4n) is 2.57. The Morgan fingerprint density at radius 3 is 2.89 bits per heavy atom. The third kappa shape index (κ3) is 3.78. The molecule has 0 radical (unpaired) electrons. The van der Waals surface area contributed by atoms with Gasteiger partial charge < -0.3 is 10.1 Å². The molecule has 1 fully saturated rings. The molecular formula is C15H24N2OS. The molecule has 0 unspecified atom stereocenters. The fraction of sp³-hybridized carbons (Fsp3) is 0.667. The summed E-state index contributed by atoms with van der Waals surface area (Å²) in [5, 5.41) is 3.50. The molecule has 3 nitrogen and oxygen atoms in total. The minimum Gasteiger partial charge on any atom is -0.490 e. The van der Waals surface area contributed by atoms with E-state index in [0.717, 1.165) is 31.1 Å². The van der Waals surface area contributed by atoms with E-state index < -0.39 is 0 Å². The third-order valence-electron chi connectivity index (χ3n) is 3.76. The van der Waals surface area contributed by atoms with Crippen LogP contribution in [0.4, 0.5) is 5.82 Å². The molecule has 2 rings (SSSR count). The monoisotopic (exact) mass is 280 g/mol. The lowest BCUT2D eigenvalue weighted by atomic mass is 10.1. The van der Waals surface area contributed by atoms with Crippen LogP contribution in [-0.4, -0.2) is 29.1 Å². The first kappa shape index (κ1) is 14.5. The molecule has 1 saturated carbocycles. The van der Waals surface area contributed by atoms with Gasteiger partial charge in [0.15, 0.2) is 11.6 Å². The molecule has 0 spiro atoms. The predicted molar refractivity (Wildman–Crippen MR) is 83.2 cm³/mol. The summed E-state index contributed by atoms with van der Waals surface area (Å²) in [4.78, 5) is 4.41. The summed E-state index contributed by atoms with van der Waals surface area (Å²) < 4.78 is 6.12. The Kier molecular flexibility index (Phi) is 5.37. The van der Waals surface area contributed by atoms with Gasteiger partial charge in [-0.2, -0.15) is 11.8 Å². The zero-order valence-electron chi connectivity index (χ0n) is 11.9. The second kappa shape index (κ2) is 7.04. The standard InChI is InChI=1S/C15H24N2OS/c1-3-11-18-13-7-6-10-16-14(13)17-12-15(19-2)8-4-5-9-15/h6-7,10H,3-5,8-9,11-12H2,1-2H3,(H,16,17). The van der Waals surface area contributed by atoms with Gasteiger partial charge in [-0.15, -0.1) is 0 Å². The van der Waals surface area contributed by atoms with Gasteiger partial charge in [-0.3, -0.25) is 0 Å². The van der Waals surface area contributed by atoms with Crippen molar-refractivity contribution in [2.45, 2.75) is 43.8 Å². The number of rotatable bonds is 7. The Balaban J connectivity index is 1.98. The molecule has 106 valence electrons. The van der Waals surface area contributed by atoms with Crippen LogP contribution < -0.4 is 10.1 Å². The Morgan fingerprint density at radius 1 is 1.42 bits per heavy atom. The highest BCUT2D eigenvalue weighted by Crippen LogP contribution is 2.40. The van der Waals surface area contributed by atoms with Crippen LogP contribution in [0, 0.1) is 0 Å². The van der Waals surface area contributed by atoms with Gasteiger partial charge in [0.1, 0.15) is 0 Å². The maximum Gasteiger partial charge on any atom is 0.168 e. The second-order valence-corrected chi connectivity index (χ2v) is 6.42. The Labute approximate surface area is 120 Å². The molecule has 1 aromatic rings. The summed E-state index contributed by atoms with van der Waals surface area (Å²) in [6.07, 6.45) is 10.4. The molecule has 0 aliphatic heterocycles. The molecule has 19 heavy (non-hydrogen) atoms. The van der Waals surface area contributed by atoms with E-state index in [2.05, 4.69) is 23.5 Å². The zero-order valence-corrected chi connectivity index (χ0v) is 12.8. The average molecular weight is 280 g/mol. The molecule has 0 amide bonds. The van der Waals surface area contributed by atoms with Crippen molar-refractivity contribution in [3.63, 3.8) is 0 Å². The number of ether oxygens (including phenoxy) is 1. The van der Waals surface area contributed by atoms with Gasteiger partial charge in [0.2, 0.25) is 0 Å². The molecule has 1 heterocycles. The average Bonchev–Trinajstić information content (AvgIpc) is 2.93. The molecular weight excluding hydrogens is 256 g/mol. The van der Waals surface area contributed by atoms with E-state index in [1.807, 2.05) is 30.1 Å². The van der Waals surface area contributed by atoms with E-state index >= 15 is 0 Å². The fourth-order valence-corrected chi connectivity index (χ4v) is 3.48. The molecule has 0 saturated heterocycles. The van der Waals surface area contributed by atoms with Gasteiger partial charge >= 0.3 is 0 Å². The van der Waals surface area contributed by atoms with Gasteiger partial charge in [0, 0.05) is 17.5 Å². The van der Waals surface area contributed by atoms with Crippen LogP contribution in [-0.2, 0) is 0 Å². The van der Waals surface area contributed by atoms with E-state index in [-0.39, 0.29) is 0 Å².